The maximum Gasteiger partial charge on any atom is 0.335 e. The van der Waals surface area contributed by atoms with Gasteiger partial charge in [-0.05, 0) is 48.4 Å². The number of carboxylic acid groups (broad SMARTS) is 1. The highest BCUT2D eigenvalue weighted by molar-refractivity contribution is 7.13. The molecule has 1 unspecified atom stereocenters. The van der Waals surface area contributed by atoms with Crippen molar-refractivity contribution < 1.29 is 19.1 Å². The van der Waals surface area contributed by atoms with Crippen molar-refractivity contribution in [1.82, 2.24) is 4.90 Å². The first-order valence-corrected chi connectivity index (χ1v) is 10.5. The zero-order valence-corrected chi connectivity index (χ0v) is 17.5. The van der Waals surface area contributed by atoms with Gasteiger partial charge in [0.05, 0.1) is 28.7 Å². The summed E-state index contributed by atoms with van der Waals surface area (Å²) in [6.45, 7) is 2.37. The molecule has 2 amide bonds. The number of fused-ring (bicyclic) bond motifs is 1. The Labute approximate surface area is 183 Å². The Morgan fingerprint density at radius 3 is 2.61 bits per heavy atom. The number of hydrogen-bond donors (Lipinski definition) is 2. The van der Waals surface area contributed by atoms with Gasteiger partial charge in [0.2, 0.25) is 0 Å². The molecular weight excluding hydrogens is 415 g/mol. The van der Waals surface area contributed by atoms with E-state index < -0.39 is 5.97 Å². The lowest BCUT2D eigenvalue weighted by atomic mass is 10.0. The van der Waals surface area contributed by atoms with Crippen LogP contribution in [0.15, 0.2) is 54.6 Å². The average molecular weight is 434 g/mol. The molecule has 0 bridgehead atoms. The Hall–Kier alpha value is -3.63. The third kappa shape index (κ3) is 4.60. The number of aromatic carboxylic acids is 1. The molecule has 2 heterocycles. The molecule has 0 fully saturated rings. The van der Waals surface area contributed by atoms with Crippen LogP contribution in [-0.2, 0) is 13.0 Å². The summed E-state index contributed by atoms with van der Waals surface area (Å²) in [6.07, 6.45) is 0.519. The molecule has 7 heteroatoms. The van der Waals surface area contributed by atoms with Gasteiger partial charge in [-0.25, -0.2) is 14.0 Å². The van der Waals surface area contributed by atoms with E-state index in [2.05, 4.69) is 17.2 Å². The average Bonchev–Trinajstić information content (AvgIpc) is 3.15. The van der Waals surface area contributed by atoms with Crippen LogP contribution < -0.4 is 5.32 Å². The summed E-state index contributed by atoms with van der Waals surface area (Å²) in [5, 5.41) is 12.0. The molecular formula is C24H19FN2O3S. The second-order valence-electron chi connectivity index (χ2n) is 7.21. The highest BCUT2D eigenvalue weighted by Crippen LogP contribution is 2.35. The van der Waals surface area contributed by atoms with Crippen molar-refractivity contribution in [2.45, 2.75) is 25.9 Å². The molecule has 1 aliphatic rings. The molecule has 4 rings (SSSR count). The van der Waals surface area contributed by atoms with Gasteiger partial charge in [-0.15, -0.1) is 11.3 Å². The molecule has 31 heavy (non-hydrogen) atoms. The normalized spacial score (nSPS) is 13.6. The number of anilines is 1. The first kappa shape index (κ1) is 20.6. The molecule has 0 radical (unpaired) electrons. The minimum absolute atomic E-state index is 0.203. The largest absolute Gasteiger partial charge is 0.478 e. The van der Waals surface area contributed by atoms with Crippen molar-refractivity contribution in [3.63, 3.8) is 0 Å². The third-order valence-electron chi connectivity index (χ3n) is 5.15. The summed E-state index contributed by atoms with van der Waals surface area (Å²) in [4.78, 5) is 27.3. The Kier molecular flexibility index (Phi) is 5.74. The highest BCUT2D eigenvalue weighted by atomic mass is 32.1. The van der Waals surface area contributed by atoms with E-state index in [1.165, 1.54) is 23.5 Å². The van der Waals surface area contributed by atoms with Crippen LogP contribution in [0.1, 0.15) is 44.2 Å². The van der Waals surface area contributed by atoms with Crippen LogP contribution in [0.4, 0.5) is 14.9 Å². The zero-order chi connectivity index (χ0) is 22.0. The highest BCUT2D eigenvalue weighted by Gasteiger charge is 2.29. The van der Waals surface area contributed by atoms with E-state index in [0.717, 1.165) is 26.6 Å². The number of amides is 2. The molecule has 2 N–H and O–H groups in total. The van der Waals surface area contributed by atoms with Gasteiger partial charge in [0.25, 0.3) is 0 Å². The lowest BCUT2D eigenvalue weighted by Crippen LogP contribution is -2.39. The minimum atomic E-state index is -0.980. The summed E-state index contributed by atoms with van der Waals surface area (Å²) in [7, 11) is 0. The molecule has 1 aliphatic heterocycles. The Morgan fingerprint density at radius 1 is 1.23 bits per heavy atom. The monoisotopic (exact) mass is 434 g/mol. The SMILES string of the molecule is CC(c1ccc(C(=O)O)cc1)N1Cc2sc(C#CCc3ccc(F)cc3)cc2NC1=O. The van der Waals surface area contributed by atoms with Gasteiger partial charge in [-0.1, -0.05) is 36.1 Å². The van der Waals surface area contributed by atoms with E-state index in [4.69, 9.17) is 5.11 Å². The summed E-state index contributed by atoms with van der Waals surface area (Å²) in [6, 6.07) is 14.3. The van der Waals surface area contributed by atoms with E-state index in [1.54, 1.807) is 41.3 Å². The fourth-order valence-electron chi connectivity index (χ4n) is 3.36. The first-order valence-electron chi connectivity index (χ1n) is 9.67. The number of nitrogens with one attached hydrogen (secondary N) is 1. The summed E-state index contributed by atoms with van der Waals surface area (Å²) in [5.74, 6) is 4.97. The van der Waals surface area contributed by atoms with E-state index >= 15 is 0 Å². The molecule has 1 aromatic heterocycles. The number of carbonyl (C=O) groups is 2. The lowest BCUT2D eigenvalue weighted by molar-refractivity contribution is 0.0696. The Balaban J connectivity index is 1.47. The molecule has 1 atom stereocenters. The van der Waals surface area contributed by atoms with Crippen LogP contribution >= 0.6 is 11.3 Å². The quantitative estimate of drug-likeness (QED) is 0.549. The number of hydrogen-bond acceptors (Lipinski definition) is 3. The van der Waals surface area contributed by atoms with E-state index in [9.17, 15) is 14.0 Å². The smallest absolute Gasteiger partial charge is 0.335 e. The van der Waals surface area contributed by atoms with Gasteiger partial charge in [-0.2, -0.15) is 0 Å². The van der Waals surface area contributed by atoms with Crippen LogP contribution in [0.5, 0.6) is 0 Å². The molecule has 3 aromatic rings. The van der Waals surface area contributed by atoms with Gasteiger partial charge < -0.3 is 15.3 Å². The number of thiophene rings is 1. The van der Waals surface area contributed by atoms with Crippen molar-refractivity contribution >= 4 is 29.0 Å². The minimum Gasteiger partial charge on any atom is -0.478 e. The number of nitrogens with zero attached hydrogens (tertiary/aromatic N) is 1. The van der Waals surface area contributed by atoms with Crippen molar-refractivity contribution in [2.24, 2.45) is 0 Å². The van der Waals surface area contributed by atoms with Crippen molar-refractivity contribution in [1.29, 1.82) is 0 Å². The number of rotatable bonds is 4. The van der Waals surface area contributed by atoms with E-state index in [0.29, 0.717) is 13.0 Å². The predicted octanol–water partition coefficient (Wildman–Crippen LogP) is 5.29. The molecule has 0 aliphatic carbocycles. The van der Waals surface area contributed by atoms with Crippen molar-refractivity contribution in [3.05, 3.63) is 86.9 Å². The second kappa shape index (κ2) is 8.62. The first-order chi connectivity index (χ1) is 14.9. The van der Waals surface area contributed by atoms with Crippen LogP contribution in [0, 0.1) is 17.7 Å². The topological polar surface area (TPSA) is 69.6 Å². The number of carboxylic acids is 1. The van der Waals surface area contributed by atoms with E-state index in [-0.39, 0.29) is 23.5 Å². The molecule has 156 valence electrons. The van der Waals surface area contributed by atoms with E-state index in [1.807, 2.05) is 13.0 Å². The number of halogens is 1. The number of benzene rings is 2. The Bertz CT molecular complexity index is 1190. The summed E-state index contributed by atoms with van der Waals surface area (Å²) < 4.78 is 13.0. The van der Waals surface area contributed by atoms with Gasteiger partial charge in [-0.3, -0.25) is 0 Å². The number of urea groups is 1. The second-order valence-corrected chi connectivity index (χ2v) is 8.35. The summed E-state index contributed by atoms with van der Waals surface area (Å²) in [5.41, 5.74) is 2.78. The molecule has 5 nitrogen and oxygen atoms in total. The standard InChI is InChI=1S/C24H19FN2O3S/c1-15(17-7-9-18(10-8-17)23(28)29)27-14-22-21(26-24(27)30)13-20(31-22)4-2-3-16-5-11-19(25)12-6-16/h5-13,15H,3,14H2,1H3,(H,26,30)(H,28,29). The summed E-state index contributed by atoms with van der Waals surface area (Å²) >= 11 is 1.53. The molecule has 0 saturated heterocycles. The molecule has 2 aromatic carbocycles. The number of carbonyl (C=O) groups excluding carboxylic acids is 1. The van der Waals surface area contributed by atoms with Crippen LogP contribution in [0.2, 0.25) is 0 Å². The predicted molar refractivity (Wildman–Crippen MR) is 118 cm³/mol. The van der Waals surface area contributed by atoms with Gasteiger partial charge in [0, 0.05) is 11.3 Å². The Morgan fingerprint density at radius 2 is 1.94 bits per heavy atom. The van der Waals surface area contributed by atoms with Gasteiger partial charge in [0.1, 0.15) is 5.82 Å². The zero-order valence-electron chi connectivity index (χ0n) is 16.7. The van der Waals surface area contributed by atoms with Crippen molar-refractivity contribution in [3.8, 4) is 11.8 Å². The van der Waals surface area contributed by atoms with Gasteiger partial charge in [0.15, 0.2) is 0 Å². The molecule has 0 spiro atoms. The van der Waals surface area contributed by atoms with Gasteiger partial charge >= 0.3 is 12.0 Å². The molecule has 0 saturated carbocycles. The third-order valence-corrected chi connectivity index (χ3v) is 6.19. The van der Waals surface area contributed by atoms with Crippen LogP contribution in [-0.4, -0.2) is 22.0 Å². The fraction of sp³-hybridized carbons (Fsp3) is 0.167. The van der Waals surface area contributed by atoms with Crippen LogP contribution in [0.25, 0.3) is 0 Å². The van der Waals surface area contributed by atoms with Crippen LogP contribution in [0.3, 0.4) is 0 Å². The fourth-order valence-corrected chi connectivity index (χ4v) is 4.35. The maximum absolute atomic E-state index is 13.0. The lowest BCUT2D eigenvalue weighted by Gasteiger charge is -2.32. The maximum atomic E-state index is 13.0. The van der Waals surface area contributed by atoms with Crippen molar-refractivity contribution in [2.75, 3.05) is 5.32 Å².